The van der Waals surface area contributed by atoms with Gasteiger partial charge in [-0.05, 0) is 61.9 Å². The van der Waals surface area contributed by atoms with Crippen molar-refractivity contribution >= 4 is 23.4 Å². The van der Waals surface area contributed by atoms with Crippen molar-refractivity contribution in [2.75, 3.05) is 5.32 Å². The molecule has 35 heavy (non-hydrogen) atoms. The van der Waals surface area contributed by atoms with Gasteiger partial charge in [0.15, 0.2) is 11.5 Å². The number of likely N-dealkylation sites (tertiary alicyclic amines) is 1. The molecule has 3 amide bonds. The van der Waals surface area contributed by atoms with Gasteiger partial charge in [-0.2, -0.15) is 0 Å². The molecular formula is C27H29N3O5. The molecule has 3 fully saturated rings. The number of carbonyl (C=O) groups excluding carboxylic acids is 3. The molecule has 1 spiro atoms. The van der Waals surface area contributed by atoms with Crippen molar-refractivity contribution in [2.24, 2.45) is 11.8 Å². The fourth-order valence-electron chi connectivity index (χ4n) is 6.79. The summed E-state index contributed by atoms with van der Waals surface area (Å²) in [5.41, 5.74) is 2.78. The van der Waals surface area contributed by atoms with Gasteiger partial charge in [0.1, 0.15) is 5.54 Å². The van der Waals surface area contributed by atoms with Gasteiger partial charge in [-0.25, -0.2) is 0 Å². The lowest BCUT2D eigenvalue weighted by Crippen LogP contribution is -2.54. The highest BCUT2D eigenvalue weighted by Crippen LogP contribution is 2.55. The maximum absolute atomic E-state index is 14.0. The van der Waals surface area contributed by atoms with Crippen molar-refractivity contribution in [3.05, 3.63) is 52.6 Å². The number of fused-ring (bicyclic) bond motifs is 4. The van der Waals surface area contributed by atoms with Gasteiger partial charge in [-0.3, -0.25) is 24.6 Å². The van der Waals surface area contributed by atoms with Crippen LogP contribution in [0.2, 0.25) is 0 Å². The van der Waals surface area contributed by atoms with Crippen LogP contribution in [-0.4, -0.2) is 44.9 Å². The highest BCUT2D eigenvalue weighted by atomic mass is 16.3. The Kier molecular flexibility index (Phi) is 4.77. The minimum Gasteiger partial charge on any atom is -0.504 e. The Bertz CT molecular complexity index is 1280. The molecule has 4 N–H and O–H groups in total. The maximum Gasteiger partial charge on any atom is 0.250 e. The average Bonchev–Trinajstić information content (AvgIpc) is 3.56. The standard InChI is InChI=1S/C27H29N3O5/c1-13-7-9-17-23(14(13)2)28-26(35)27(17)22-21(24(33)30(25(22)34)16-5-3-4-6-16)18(29-27)11-15-8-10-19(31)20(32)12-15/h7-10,12,16,18,21-22,29,31-32H,3-6,11H2,1-2H3,(H,28,35)/t18-,21+,22-,27-/m0/s1. The second-order valence-corrected chi connectivity index (χ2v) is 10.5. The molecule has 8 nitrogen and oxygen atoms in total. The molecule has 8 heteroatoms. The van der Waals surface area contributed by atoms with E-state index in [2.05, 4.69) is 10.6 Å². The number of phenolic OH excluding ortho intramolecular Hbond substituents is 2. The molecule has 0 unspecified atom stereocenters. The number of phenols is 2. The fourth-order valence-corrected chi connectivity index (χ4v) is 6.79. The number of benzene rings is 2. The molecule has 4 atom stereocenters. The van der Waals surface area contributed by atoms with Gasteiger partial charge in [0.2, 0.25) is 17.7 Å². The van der Waals surface area contributed by atoms with Gasteiger partial charge in [0.05, 0.1) is 11.8 Å². The third-order valence-corrected chi connectivity index (χ3v) is 8.64. The van der Waals surface area contributed by atoms with E-state index in [4.69, 9.17) is 0 Å². The Morgan fingerprint density at radius 1 is 1.00 bits per heavy atom. The van der Waals surface area contributed by atoms with Gasteiger partial charge in [-0.1, -0.05) is 31.0 Å². The number of rotatable bonds is 3. The number of amides is 3. The summed E-state index contributed by atoms with van der Waals surface area (Å²) in [5.74, 6) is -2.79. The summed E-state index contributed by atoms with van der Waals surface area (Å²) in [6.45, 7) is 3.92. The van der Waals surface area contributed by atoms with E-state index in [0.717, 1.165) is 36.8 Å². The summed E-state index contributed by atoms with van der Waals surface area (Å²) < 4.78 is 0. The summed E-state index contributed by atoms with van der Waals surface area (Å²) in [6.07, 6.45) is 3.89. The molecule has 4 aliphatic rings. The molecule has 0 radical (unpaired) electrons. The first kappa shape index (κ1) is 22.1. The van der Waals surface area contributed by atoms with E-state index in [1.54, 1.807) is 6.07 Å². The number of imide groups is 1. The quantitative estimate of drug-likeness (QED) is 0.400. The van der Waals surface area contributed by atoms with Crippen LogP contribution < -0.4 is 10.6 Å². The lowest BCUT2D eigenvalue weighted by molar-refractivity contribution is -0.145. The predicted molar refractivity (Wildman–Crippen MR) is 128 cm³/mol. The van der Waals surface area contributed by atoms with Crippen LogP contribution in [0.4, 0.5) is 5.69 Å². The van der Waals surface area contributed by atoms with Crippen LogP contribution >= 0.6 is 0 Å². The zero-order valence-corrected chi connectivity index (χ0v) is 19.8. The SMILES string of the molecule is Cc1ccc2c(c1C)NC(=O)[C@]21N[C@@H](Cc2ccc(O)c(O)c2)[C@H]2C(=O)N(C3CCCC3)C(=O)[C@H]21. The van der Waals surface area contributed by atoms with Crippen molar-refractivity contribution in [3.8, 4) is 11.5 Å². The molecule has 2 aromatic rings. The Labute approximate surface area is 203 Å². The number of nitrogens with zero attached hydrogens (tertiary/aromatic N) is 1. The van der Waals surface area contributed by atoms with E-state index in [-0.39, 0.29) is 35.3 Å². The minimum absolute atomic E-state index is 0.111. The second kappa shape index (κ2) is 7.55. The van der Waals surface area contributed by atoms with Crippen LogP contribution in [0, 0.1) is 25.7 Å². The van der Waals surface area contributed by atoms with Crippen LogP contribution in [0.15, 0.2) is 30.3 Å². The number of hydrogen-bond acceptors (Lipinski definition) is 6. The Balaban J connectivity index is 1.48. The van der Waals surface area contributed by atoms with Crippen molar-refractivity contribution in [1.82, 2.24) is 10.2 Å². The summed E-state index contributed by atoms with van der Waals surface area (Å²) in [4.78, 5) is 43.0. The van der Waals surface area contributed by atoms with Gasteiger partial charge in [-0.15, -0.1) is 0 Å². The van der Waals surface area contributed by atoms with Crippen LogP contribution in [-0.2, 0) is 26.3 Å². The van der Waals surface area contributed by atoms with Gasteiger partial charge in [0.25, 0.3) is 0 Å². The summed E-state index contributed by atoms with van der Waals surface area (Å²) >= 11 is 0. The summed E-state index contributed by atoms with van der Waals surface area (Å²) in [7, 11) is 0. The Hall–Kier alpha value is -3.39. The van der Waals surface area contributed by atoms with Crippen LogP contribution in [0.1, 0.15) is 47.9 Å². The molecule has 3 aliphatic heterocycles. The molecule has 1 saturated carbocycles. The van der Waals surface area contributed by atoms with Crippen molar-refractivity contribution in [3.63, 3.8) is 0 Å². The van der Waals surface area contributed by atoms with E-state index >= 15 is 0 Å². The van der Waals surface area contributed by atoms with E-state index in [9.17, 15) is 24.6 Å². The van der Waals surface area contributed by atoms with Gasteiger partial charge in [0, 0.05) is 23.3 Å². The summed E-state index contributed by atoms with van der Waals surface area (Å²) in [6, 6.07) is 7.79. The van der Waals surface area contributed by atoms with Crippen LogP contribution in [0.25, 0.3) is 0 Å². The number of hydrogen-bond donors (Lipinski definition) is 4. The molecule has 0 aromatic heterocycles. The predicted octanol–water partition coefficient (Wildman–Crippen LogP) is 2.62. The zero-order chi connectivity index (χ0) is 24.6. The monoisotopic (exact) mass is 475 g/mol. The topological polar surface area (TPSA) is 119 Å². The third kappa shape index (κ3) is 2.92. The first-order valence-electron chi connectivity index (χ1n) is 12.3. The van der Waals surface area contributed by atoms with E-state index < -0.39 is 23.4 Å². The highest BCUT2D eigenvalue weighted by Gasteiger charge is 2.71. The summed E-state index contributed by atoms with van der Waals surface area (Å²) in [5, 5.41) is 26.2. The molecule has 2 aromatic carbocycles. The average molecular weight is 476 g/mol. The number of carbonyl (C=O) groups is 3. The lowest BCUT2D eigenvalue weighted by Gasteiger charge is -2.31. The number of anilines is 1. The van der Waals surface area contributed by atoms with Crippen molar-refractivity contribution in [2.45, 2.75) is 63.6 Å². The van der Waals surface area contributed by atoms with Crippen molar-refractivity contribution < 1.29 is 24.6 Å². The molecule has 3 heterocycles. The van der Waals surface area contributed by atoms with E-state index in [1.165, 1.54) is 17.0 Å². The molecule has 1 aliphatic carbocycles. The first-order valence-corrected chi connectivity index (χ1v) is 12.3. The molecule has 6 rings (SSSR count). The number of nitrogens with one attached hydrogen (secondary N) is 2. The van der Waals surface area contributed by atoms with E-state index in [0.29, 0.717) is 23.2 Å². The van der Waals surface area contributed by atoms with Crippen LogP contribution in [0.5, 0.6) is 11.5 Å². The molecule has 182 valence electrons. The Morgan fingerprint density at radius 2 is 1.74 bits per heavy atom. The number of aromatic hydroxyl groups is 2. The van der Waals surface area contributed by atoms with Gasteiger partial charge < -0.3 is 15.5 Å². The van der Waals surface area contributed by atoms with Crippen LogP contribution in [0.3, 0.4) is 0 Å². The van der Waals surface area contributed by atoms with E-state index in [1.807, 2.05) is 26.0 Å². The highest BCUT2D eigenvalue weighted by molar-refractivity contribution is 6.15. The second-order valence-electron chi connectivity index (χ2n) is 10.5. The lowest BCUT2D eigenvalue weighted by atomic mass is 9.75. The molecular weight excluding hydrogens is 446 g/mol. The zero-order valence-electron chi connectivity index (χ0n) is 19.8. The normalized spacial score (nSPS) is 29.8. The largest absolute Gasteiger partial charge is 0.504 e. The number of aryl methyl sites for hydroxylation is 1. The maximum atomic E-state index is 14.0. The first-order chi connectivity index (χ1) is 16.7. The molecule has 0 bridgehead atoms. The van der Waals surface area contributed by atoms with Gasteiger partial charge >= 0.3 is 0 Å². The Morgan fingerprint density at radius 3 is 2.46 bits per heavy atom. The minimum atomic E-state index is -1.33. The van der Waals surface area contributed by atoms with Crippen molar-refractivity contribution in [1.29, 1.82) is 0 Å². The smallest absolute Gasteiger partial charge is 0.250 e. The fraction of sp³-hybridized carbons (Fsp3) is 0.444. The molecule has 2 saturated heterocycles. The third-order valence-electron chi connectivity index (χ3n) is 8.64.